The van der Waals surface area contributed by atoms with Crippen molar-refractivity contribution in [3.05, 3.63) is 11.6 Å². The van der Waals surface area contributed by atoms with E-state index in [-0.39, 0.29) is 36.3 Å². The number of amides is 2. The van der Waals surface area contributed by atoms with E-state index in [1.54, 1.807) is 27.0 Å². The lowest BCUT2D eigenvalue weighted by Crippen LogP contribution is -2.56. The second kappa shape index (κ2) is 11.1. The second-order valence-electron chi connectivity index (χ2n) is 7.55. The van der Waals surface area contributed by atoms with Gasteiger partial charge in [-0.1, -0.05) is 26.3 Å². The molecule has 0 bridgehead atoms. The van der Waals surface area contributed by atoms with Gasteiger partial charge in [0.05, 0.1) is 12.6 Å². The molecular formula is C20H35N3O4. The van der Waals surface area contributed by atoms with Crippen molar-refractivity contribution in [3.63, 3.8) is 0 Å². The highest BCUT2D eigenvalue weighted by molar-refractivity contribution is 5.90. The molecule has 2 atom stereocenters. The van der Waals surface area contributed by atoms with Gasteiger partial charge in [-0.25, -0.2) is 4.79 Å². The van der Waals surface area contributed by atoms with E-state index in [0.29, 0.717) is 12.2 Å². The third kappa shape index (κ3) is 6.97. The molecule has 1 N–H and O–H groups in total. The molecule has 0 aromatic rings. The van der Waals surface area contributed by atoms with E-state index in [2.05, 4.69) is 10.2 Å². The van der Waals surface area contributed by atoms with Crippen LogP contribution in [0.1, 0.15) is 47.0 Å². The van der Waals surface area contributed by atoms with Crippen molar-refractivity contribution in [2.75, 3.05) is 33.8 Å². The zero-order chi connectivity index (χ0) is 20.6. The van der Waals surface area contributed by atoms with Crippen molar-refractivity contribution in [3.8, 4) is 0 Å². The molecule has 0 aromatic carbocycles. The van der Waals surface area contributed by atoms with Gasteiger partial charge >= 0.3 is 5.97 Å². The number of carbonyl (C=O) groups excluding carboxylic acids is 3. The van der Waals surface area contributed by atoms with Gasteiger partial charge in [0.15, 0.2) is 0 Å². The predicted octanol–water partition coefficient (Wildman–Crippen LogP) is 1.58. The van der Waals surface area contributed by atoms with Crippen molar-refractivity contribution < 1.29 is 19.1 Å². The summed E-state index contributed by atoms with van der Waals surface area (Å²) in [6.45, 7) is 8.75. The molecule has 7 heteroatoms. The molecule has 154 valence electrons. The Kier molecular flexibility index (Phi) is 9.49. The standard InChI is InChI=1S/C20H35N3O4/c1-7-27-20(26)15(4)11-13-23(6)19(25)17(14(2)3)21-18(24)16-10-8-9-12-22(16)5/h11,14,16-17H,7-10,12-13H2,1-6H3,(H,21,24)/b15-11+. The van der Waals surface area contributed by atoms with Crippen LogP contribution in [-0.4, -0.2) is 73.5 Å². The molecule has 1 heterocycles. The Morgan fingerprint density at radius 2 is 1.96 bits per heavy atom. The quantitative estimate of drug-likeness (QED) is 0.510. The fourth-order valence-electron chi connectivity index (χ4n) is 3.10. The van der Waals surface area contributed by atoms with E-state index >= 15 is 0 Å². The first-order chi connectivity index (χ1) is 12.7. The maximum absolute atomic E-state index is 12.8. The van der Waals surface area contributed by atoms with Crippen molar-refractivity contribution in [2.24, 2.45) is 5.92 Å². The number of piperidine rings is 1. The van der Waals surface area contributed by atoms with E-state index < -0.39 is 6.04 Å². The van der Waals surface area contributed by atoms with Crippen LogP contribution in [0.15, 0.2) is 11.6 Å². The van der Waals surface area contributed by atoms with Crippen LogP contribution < -0.4 is 5.32 Å². The van der Waals surface area contributed by atoms with Crippen LogP contribution in [0.2, 0.25) is 0 Å². The molecule has 0 aliphatic carbocycles. The number of likely N-dealkylation sites (N-methyl/N-ethyl adjacent to an activating group) is 2. The molecule has 1 aliphatic rings. The molecule has 2 unspecified atom stereocenters. The third-order valence-electron chi connectivity index (χ3n) is 4.95. The predicted molar refractivity (Wildman–Crippen MR) is 105 cm³/mol. The number of likely N-dealkylation sites (tertiary alicyclic amines) is 1. The number of nitrogens with one attached hydrogen (secondary N) is 1. The van der Waals surface area contributed by atoms with E-state index in [0.717, 1.165) is 25.8 Å². The molecule has 0 aromatic heterocycles. The zero-order valence-corrected chi connectivity index (χ0v) is 17.6. The van der Waals surface area contributed by atoms with Gasteiger partial charge in [0, 0.05) is 19.2 Å². The Morgan fingerprint density at radius 1 is 1.30 bits per heavy atom. The van der Waals surface area contributed by atoms with Crippen molar-refractivity contribution in [2.45, 2.75) is 59.0 Å². The van der Waals surface area contributed by atoms with E-state index in [1.807, 2.05) is 20.9 Å². The summed E-state index contributed by atoms with van der Waals surface area (Å²) in [7, 11) is 3.62. The summed E-state index contributed by atoms with van der Waals surface area (Å²) in [6.07, 6.45) is 4.62. The average molecular weight is 382 g/mol. The Hall–Kier alpha value is -1.89. The van der Waals surface area contributed by atoms with Crippen LogP contribution in [-0.2, 0) is 19.1 Å². The Bertz CT molecular complexity index is 559. The first-order valence-electron chi connectivity index (χ1n) is 9.78. The third-order valence-corrected chi connectivity index (χ3v) is 4.95. The monoisotopic (exact) mass is 381 g/mol. The van der Waals surface area contributed by atoms with Crippen LogP contribution in [0.3, 0.4) is 0 Å². The van der Waals surface area contributed by atoms with Gasteiger partial charge in [0.2, 0.25) is 11.8 Å². The molecule has 1 aliphatic heterocycles. The number of esters is 1. The average Bonchev–Trinajstić information content (AvgIpc) is 2.63. The fraction of sp³-hybridized carbons (Fsp3) is 0.750. The summed E-state index contributed by atoms with van der Waals surface area (Å²) >= 11 is 0. The van der Waals surface area contributed by atoms with Gasteiger partial charge in [-0.3, -0.25) is 14.5 Å². The normalized spacial score (nSPS) is 19.5. The zero-order valence-electron chi connectivity index (χ0n) is 17.6. The number of hydrogen-bond acceptors (Lipinski definition) is 5. The smallest absolute Gasteiger partial charge is 0.333 e. The first kappa shape index (κ1) is 23.1. The number of ether oxygens (including phenoxy) is 1. The highest BCUT2D eigenvalue weighted by atomic mass is 16.5. The SMILES string of the molecule is CCOC(=O)/C(C)=C/CN(C)C(=O)C(NC(=O)C1CCCCN1C)C(C)C. The molecule has 0 radical (unpaired) electrons. The lowest BCUT2D eigenvalue weighted by Gasteiger charge is -2.34. The van der Waals surface area contributed by atoms with Crippen molar-refractivity contribution >= 4 is 17.8 Å². The molecular weight excluding hydrogens is 346 g/mol. The van der Waals surface area contributed by atoms with E-state index in [4.69, 9.17) is 4.74 Å². The van der Waals surface area contributed by atoms with Crippen LogP contribution in [0.5, 0.6) is 0 Å². The summed E-state index contributed by atoms with van der Waals surface area (Å²) < 4.78 is 4.94. The summed E-state index contributed by atoms with van der Waals surface area (Å²) in [4.78, 5) is 40.8. The van der Waals surface area contributed by atoms with Crippen molar-refractivity contribution in [1.82, 2.24) is 15.1 Å². The van der Waals surface area contributed by atoms with Gasteiger partial charge in [-0.15, -0.1) is 0 Å². The summed E-state index contributed by atoms with van der Waals surface area (Å²) in [5, 5.41) is 2.94. The Balaban J connectivity index is 2.72. The lowest BCUT2D eigenvalue weighted by atomic mass is 9.99. The van der Waals surface area contributed by atoms with Gasteiger partial charge < -0.3 is 15.0 Å². The molecule has 27 heavy (non-hydrogen) atoms. The second-order valence-corrected chi connectivity index (χ2v) is 7.55. The van der Waals surface area contributed by atoms with Crippen LogP contribution in [0, 0.1) is 5.92 Å². The lowest BCUT2D eigenvalue weighted by molar-refractivity contribution is -0.139. The van der Waals surface area contributed by atoms with Crippen LogP contribution in [0.25, 0.3) is 0 Å². The molecule has 1 fully saturated rings. The van der Waals surface area contributed by atoms with Crippen LogP contribution in [0.4, 0.5) is 0 Å². The highest BCUT2D eigenvalue weighted by Gasteiger charge is 2.32. The number of nitrogens with zero attached hydrogens (tertiary/aromatic N) is 2. The van der Waals surface area contributed by atoms with Gasteiger partial charge in [0.25, 0.3) is 0 Å². The largest absolute Gasteiger partial charge is 0.463 e. The minimum atomic E-state index is -0.589. The van der Waals surface area contributed by atoms with Gasteiger partial charge in [-0.05, 0) is 46.2 Å². The number of hydrogen-bond donors (Lipinski definition) is 1. The topological polar surface area (TPSA) is 79.0 Å². The summed E-state index contributed by atoms with van der Waals surface area (Å²) in [5.41, 5.74) is 0.463. The minimum Gasteiger partial charge on any atom is -0.463 e. The highest BCUT2D eigenvalue weighted by Crippen LogP contribution is 2.16. The molecule has 1 rings (SSSR count). The first-order valence-corrected chi connectivity index (χ1v) is 9.78. The Morgan fingerprint density at radius 3 is 2.52 bits per heavy atom. The molecule has 0 saturated carbocycles. The van der Waals surface area contributed by atoms with Crippen molar-refractivity contribution in [1.29, 1.82) is 0 Å². The summed E-state index contributed by atoms with van der Waals surface area (Å²) in [6, 6.07) is -0.766. The fourth-order valence-corrected chi connectivity index (χ4v) is 3.10. The minimum absolute atomic E-state index is 0.0343. The van der Waals surface area contributed by atoms with Gasteiger partial charge in [0.1, 0.15) is 6.04 Å². The Labute approximate surface area is 163 Å². The number of rotatable bonds is 8. The molecule has 0 spiro atoms. The van der Waals surface area contributed by atoms with E-state index in [9.17, 15) is 14.4 Å². The molecule has 1 saturated heterocycles. The number of carbonyl (C=O) groups is 3. The maximum Gasteiger partial charge on any atom is 0.333 e. The van der Waals surface area contributed by atoms with Crippen LogP contribution >= 0.6 is 0 Å². The summed E-state index contributed by atoms with van der Waals surface area (Å²) in [5.74, 6) is -0.666. The van der Waals surface area contributed by atoms with Gasteiger partial charge in [-0.2, -0.15) is 0 Å². The maximum atomic E-state index is 12.8. The van der Waals surface area contributed by atoms with E-state index in [1.165, 1.54) is 4.90 Å². The molecule has 7 nitrogen and oxygen atoms in total. The molecule has 2 amide bonds.